The molecule has 0 aliphatic rings. The SMILES string of the molecule is Cc1cc([C@H](C)O)ccc1OCc1ccc(Cl)cc1. The maximum Gasteiger partial charge on any atom is 0.122 e. The summed E-state index contributed by atoms with van der Waals surface area (Å²) in [5, 5.41) is 10.2. The second kappa shape index (κ2) is 6.09. The summed E-state index contributed by atoms with van der Waals surface area (Å²) in [6, 6.07) is 13.3. The predicted molar refractivity (Wildman–Crippen MR) is 77.6 cm³/mol. The van der Waals surface area contributed by atoms with Crippen molar-refractivity contribution in [3.05, 3.63) is 64.2 Å². The van der Waals surface area contributed by atoms with Gasteiger partial charge in [0.2, 0.25) is 0 Å². The minimum atomic E-state index is -0.455. The highest BCUT2D eigenvalue weighted by Gasteiger charge is 2.05. The highest BCUT2D eigenvalue weighted by Crippen LogP contribution is 2.23. The van der Waals surface area contributed by atoms with Gasteiger partial charge in [0.1, 0.15) is 12.4 Å². The smallest absolute Gasteiger partial charge is 0.122 e. The van der Waals surface area contributed by atoms with Crippen molar-refractivity contribution in [2.75, 3.05) is 0 Å². The summed E-state index contributed by atoms with van der Waals surface area (Å²) >= 11 is 5.84. The Morgan fingerprint density at radius 3 is 2.42 bits per heavy atom. The third-order valence-corrected chi connectivity index (χ3v) is 3.24. The molecule has 0 bridgehead atoms. The molecular weight excluding hydrogens is 260 g/mol. The lowest BCUT2D eigenvalue weighted by Crippen LogP contribution is -1.98. The standard InChI is InChI=1S/C16H17ClO2/c1-11-9-14(12(2)18)5-8-16(11)19-10-13-3-6-15(17)7-4-13/h3-9,12,18H,10H2,1-2H3/t12-/m0/s1. The van der Waals surface area contributed by atoms with Crippen molar-refractivity contribution < 1.29 is 9.84 Å². The molecule has 0 saturated heterocycles. The van der Waals surface area contributed by atoms with Crippen molar-refractivity contribution in [3.8, 4) is 5.75 Å². The number of aliphatic hydroxyl groups excluding tert-OH is 1. The molecule has 0 radical (unpaired) electrons. The van der Waals surface area contributed by atoms with Gasteiger partial charge in [0.15, 0.2) is 0 Å². The Hall–Kier alpha value is -1.51. The molecule has 3 heteroatoms. The number of hydrogen-bond acceptors (Lipinski definition) is 2. The number of hydrogen-bond donors (Lipinski definition) is 1. The van der Waals surface area contributed by atoms with Crippen LogP contribution in [0.5, 0.6) is 5.75 Å². The highest BCUT2D eigenvalue weighted by atomic mass is 35.5. The summed E-state index contributed by atoms with van der Waals surface area (Å²) in [7, 11) is 0. The first-order valence-electron chi connectivity index (χ1n) is 6.22. The molecule has 0 aromatic heterocycles. The summed E-state index contributed by atoms with van der Waals surface area (Å²) in [4.78, 5) is 0. The van der Waals surface area contributed by atoms with Crippen molar-refractivity contribution in [2.45, 2.75) is 26.6 Å². The average Bonchev–Trinajstić information content (AvgIpc) is 2.39. The lowest BCUT2D eigenvalue weighted by atomic mass is 10.1. The van der Waals surface area contributed by atoms with E-state index in [9.17, 15) is 5.11 Å². The number of ether oxygens (including phenoxy) is 1. The lowest BCUT2D eigenvalue weighted by molar-refractivity contribution is 0.199. The van der Waals surface area contributed by atoms with Crippen molar-refractivity contribution in [3.63, 3.8) is 0 Å². The molecule has 1 atom stereocenters. The fourth-order valence-electron chi connectivity index (χ4n) is 1.84. The van der Waals surface area contributed by atoms with Crippen LogP contribution in [-0.2, 0) is 6.61 Å². The van der Waals surface area contributed by atoms with Gasteiger partial charge in [0.05, 0.1) is 6.10 Å². The van der Waals surface area contributed by atoms with Crippen LogP contribution < -0.4 is 4.74 Å². The van der Waals surface area contributed by atoms with Gasteiger partial charge >= 0.3 is 0 Å². The topological polar surface area (TPSA) is 29.5 Å². The zero-order chi connectivity index (χ0) is 13.8. The van der Waals surface area contributed by atoms with Gasteiger partial charge in [-0.25, -0.2) is 0 Å². The largest absolute Gasteiger partial charge is 0.489 e. The molecule has 0 saturated carbocycles. The molecule has 100 valence electrons. The third kappa shape index (κ3) is 3.72. The van der Waals surface area contributed by atoms with E-state index in [1.807, 2.05) is 49.4 Å². The summed E-state index contributed by atoms with van der Waals surface area (Å²) in [5.41, 5.74) is 2.99. The van der Waals surface area contributed by atoms with E-state index >= 15 is 0 Å². The van der Waals surface area contributed by atoms with Gasteiger partial charge in [-0.05, 0) is 54.8 Å². The summed E-state index contributed by atoms with van der Waals surface area (Å²) in [5.74, 6) is 0.833. The Balaban J connectivity index is 2.05. The van der Waals surface area contributed by atoms with Gasteiger partial charge in [0.25, 0.3) is 0 Å². The Bertz CT molecular complexity index is 547. The minimum Gasteiger partial charge on any atom is -0.489 e. The zero-order valence-electron chi connectivity index (χ0n) is 11.1. The van der Waals surface area contributed by atoms with E-state index in [0.717, 1.165) is 27.5 Å². The molecule has 0 spiro atoms. The summed E-state index contributed by atoms with van der Waals surface area (Å²) < 4.78 is 5.77. The van der Waals surface area contributed by atoms with Gasteiger partial charge < -0.3 is 9.84 Å². The van der Waals surface area contributed by atoms with Gasteiger partial charge in [-0.1, -0.05) is 29.8 Å². The Morgan fingerprint density at radius 1 is 1.16 bits per heavy atom. The van der Waals surface area contributed by atoms with Crippen LogP contribution in [0.15, 0.2) is 42.5 Å². The van der Waals surface area contributed by atoms with Crippen LogP contribution in [0.3, 0.4) is 0 Å². The van der Waals surface area contributed by atoms with E-state index in [-0.39, 0.29) is 0 Å². The van der Waals surface area contributed by atoms with E-state index in [2.05, 4.69) is 0 Å². The molecule has 19 heavy (non-hydrogen) atoms. The highest BCUT2D eigenvalue weighted by molar-refractivity contribution is 6.30. The van der Waals surface area contributed by atoms with E-state index in [1.54, 1.807) is 6.92 Å². The summed E-state index contributed by atoms with van der Waals surface area (Å²) in [6.07, 6.45) is -0.455. The molecule has 0 aliphatic carbocycles. The molecular formula is C16H17ClO2. The maximum absolute atomic E-state index is 9.52. The number of rotatable bonds is 4. The van der Waals surface area contributed by atoms with Crippen LogP contribution >= 0.6 is 11.6 Å². The van der Waals surface area contributed by atoms with Crippen LogP contribution in [0.25, 0.3) is 0 Å². The van der Waals surface area contributed by atoms with Gasteiger partial charge in [0, 0.05) is 5.02 Å². The van der Waals surface area contributed by atoms with Crippen LogP contribution in [0.1, 0.15) is 29.7 Å². The van der Waals surface area contributed by atoms with Crippen molar-refractivity contribution >= 4 is 11.6 Å². The first kappa shape index (κ1) is 13.9. The fraction of sp³-hybridized carbons (Fsp3) is 0.250. The number of benzene rings is 2. The zero-order valence-corrected chi connectivity index (χ0v) is 11.8. The van der Waals surface area contributed by atoms with E-state index in [0.29, 0.717) is 6.61 Å². The summed E-state index contributed by atoms with van der Waals surface area (Å²) in [6.45, 7) is 4.23. The number of aryl methyl sites for hydroxylation is 1. The van der Waals surface area contributed by atoms with Crippen LogP contribution in [0.4, 0.5) is 0 Å². The molecule has 0 fully saturated rings. The molecule has 1 N–H and O–H groups in total. The second-order valence-corrected chi connectivity index (χ2v) is 5.05. The minimum absolute atomic E-state index is 0.455. The normalized spacial score (nSPS) is 12.2. The van der Waals surface area contributed by atoms with Crippen LogP contribution in [-0.4, -0.2) is 5.11 Å². The van der Waals surface area contributed by atoms with Crippen molar-refractivity contribution in [2.24, 2.45) is 0 Å². The monoisotopic (exact) mass is 276 g/mol. The quantitative estimate of drug-likeness (QED) is 0.903. The molecule has 0 amide bonds. The first-order chi connectivity index (χ1) is 9.06. The molecule has 2 aromatic rings. The number of aliphatic hydroxyl groups is 1. The molecule has 2 rings (SSSR count). The molecule has 0 aliphatic heterocycles. The van der Waals surface area contributed by atoms with Gasteiger partial charge in [-0.15, -0.1) is 0 Å². The molecule has 0 heterocycles. The second-order valence-electron chi connectivity index (χ2n) is 4.62. The lowest BCUT2D eigenvalue weighted by Gasteiger charge is -2.12. The Morgan fingerprint density at radius 2 is 1.84 bits per heavy atom. The van der Waals surface area contributed by atoms with Crippen LogP contribution in [0.2, 0.25) is 5.02 Å². The average molecular weight is 277 g/mol. The van der Waals surface area contributed by atoms with Crippen molar-refractivity contribution in [1.82, 2.24) is 0 Å². The third-order valence-electron chi connectivity index (χ3n) is 2.99. The van der Waals surface area contributed by atoms with Gasteiger partial charge in [-0.2, -0.15) is 0 Å². The number of halogens is 1. The van der Waals surface area contributed by atoms with E-state index in [4.69, 9.17) is 16.3 Å². The maximum atomic E-state index is 9.52. The van der Waals surface area contributed by atoms with E-state index in [1.165, 1.54) is 0 Å². The molecule has 2 aromatic carbocycles. The Kier molecular flexibility index (Phi) is 4.46. The molecule has 0 unspecified atom stereocenters. The van der Waals surface area contributed by atoms with Gasteiger partial charge in [-0.3, -0.25) is 0 Å². The van der Waals surface area contributed by atoms with Crippen LogP contribution in [0, 0.1) is 6.92 Å². The Labute approximate surface area is 118 Å². The fourth-order valence-corrected chi connectivity index (χ4v) is 1.96. The molecule has 2 nitrogen and oxygen atoms in total. The predicted octanol–water partition coefficient (Wildman–Crippen LogP) is 4.28. The van der Waals surface area contributed by atoms with Crippen molar-refractivity contribution in [1.29, 1.82) is 0 Å². The van der Waals surface area contributed by atoms with E-state index < -0.39 is 6.10 Å². The first-order valence-corrected chi connectivity index (χ1v) is 6.60.